The highest BCUT2D eigenvalue weighted by atomic mass is 31.2. The average molecular weight is 498 g/mol. The van der Waals surface area contributed by atoms with Gasteiger partial charge in [0.25, 0.3) is 0 Å². The molecule has 2 nitrogen and oxygen atoms in total. The lowest BCUT2D eigenvalue weighted by Gasteiger charge is -2.26. The summed E-state index contributed by atoms with van der Waals surface area (Å²) in [4.78, 5) is 5.03. The summed E-state index contributed by atoms with van der Waals surface area (Å²) < 4.78 is 14.0. The van der Waals surface area contributed by atoms with Gasteiger partial charge in [-0.3, -0.25) is 4.99 Å². The summed E-state index contributed by atoms with van der Waals surface area (Å²) >= 11 is 0. The maximum atomic E-state index is 14.0. The predicted octanol–water partition coefficient (Wildman–Crippen LogP) is 7.38. The van der Waals surface area contributed by atoms with Crippen LogP contribution in [0.15, 0.2) is 108 Å². The largest absolute Gasteiger partial charge is 0.314 e. The lowest BCUT2D eigenvalue weighted by molar-refractivity contribution is 0.591. The van der Waals surface area contributed by atoms with Gasteiger partial charge in [0.05, 0.1) is 12.3 Å². The summed E-state index contributed by atoms with van der Waals surface area (Å²) in [5, 5.41) is 1.96. The van der Waals surface area contributed by atoms with E-state index in [1.165, 1.54) is 27.8 Å². The normalized spacial score (nSPS) is 21.2. The molecule has 0 amide bonds. The van der Waals surface area contributed by atoms with Gasteiger partial charge < -0.3 is 4.57 Å². The first-order valence-corrected chi connectivity index (χ1v) is 15.2. The zero-order valence-corrected chi connectivity index (χ0v) is 21.8. The summed E-state index contributed by atoms with van der Waals surface area (Å²) in [5.41, 5.74) is 10.9. The van der Waals surface area contributed by atoms with Gasteiger partial charge in [0.2, 0.25) is 0 Å². The number of rotatable bonds is 3. The Morgan fingerprint density at radius 2 is 1.57 bits per heavy atom. The molecule has 0 spiro atoms. The van der Waals surface area contributed by atoms with Gasteiger partial charge in [-0.05, 0) is 64.5 Å². The van der Waals surface area contributed by atoms with Crippen LogP contribution in [0.1, 0.15) is 34.6 Å². The van der Waals surface area contributed by atoms with Gasteiger partial charge in [0.15, 0.2) is 0 Å². The Morgan fingerprint density at radius 1 is 0.784 bits per heavy atom. The zero-order chi connectivity index (χ0) is 25.0. The zero-order valence-electron chi connectivity index (χ0n) is 20.9. The Balaban J connectivity index is 1.42. The monoisotopic (exact) mass is 497 g/mol. The van der Waals surface area contributed by atoms with E-state index in [1.54, 1.807) is 0 Å². The van der Waals surface area contributed by atoms with Crippen molar-refractivity contribution in [3.8, 4) is 22.3 Å². The number of fused-ring (bicyclic) bond motifs is 4. The van der Waals surface area contributed by atoms with Crippen LogP contribution < -0.4 is 10.6 Å². The van der Waals surface area contributed by atoms with E-state index >= 15 is 0 Å². The topological polar surface area (TPSA) is 29.4 Å². The van der Waals surface area contributed by atoms with E-state index in [-0.39, 0.29) is 5.92 Å². The van der Waals surface area contributed by atoms with Crippen LogP contribution in [-0.2, 0) is 11.0 Å². The van der Waals surface area contributed by atoms with Crippen LogP contribution in [-0.4, -0.2) is 18.9 Å². The lowest BCUT2D eigenvalue weighted by Crippen LogP contribution is -2.14. The van der Waals surface area contributed by atoms with Gasteiger partial charge in [-0.15, -0.1) is 0 Å². The van der Waals surface area contributed by atoms with E-state index in [0.29, 0.717) is 0 Å². The van der Waals surface area contributed by atoms with Crippen molar-refractivity contribution in [2.45, 2.75) is 18.8 Å². The van der Waals surface area contributed by atoms with E-state index in [0.717, 1.165) is 52.4 Å². The van der Waals surface area contributed by atoms with Crippen molar-refractivity contribution in [1.29, 1.82) is 0 Å². The Kier molecular flexibility index (Phi) is 5.27. The molecule has 0 radical (unpaired) electrons. The standard InChI is InChI=1S/C34H28NOP/c1-37(36)31-16-8-7-14-29(31)34-27(15-9-17-32(34)37)28-20-18-23-10-5-6-13-26(23)33(28)25-19-21-30(35-22-25)24-11-3-2-4-12-24/h2-4,6-9,11-21,25H,5,10,22H2,1H3. The van der Waals surface area contributed by atoms with Crippen LogP contribution in [0.3, 0.4) is 0 Å². The third-order valence-electron chi connectivity index (χ3n) is 8.05. The molecule has 2 unspecified atom stereocenters. The number of dihydropyridines is 1. The van der Waals surface area contributed by atoms with E-state index in [4.69, 9.17) is 4.99 Å². The molecule has 1 aliphatic carbocycles. The molecule has 0 saturated carbocycles. The first kappa shape index (κ1) is 22.5. The van der Waals surface area contributed by atoms with Gasteiger partial charge in [-0.2, -0.15) is 0 Å². The second-order valence-corrected chi connectivity index (χ2v) is 13.1. The number of hydrogen-bond acceptors (Lipinski definition) is 2. The molecule has 7 rings (SSSR count). The van der Waals surface area contributed by atoms with E-state index < -0.39 is 7.14 Å². The number of aliphatic imine (C=N–C) groups is 1. The highest BCUT2D eigenvalue weighted by Crippen LogP contribution is 2.53. The second-order valence-electron chi connectivity index (χ2n) is 10.2. The Labute approximate surface area is 218 Å². The summed E-state index contributed by atoms with van der Waals surface area (Å²) in [6.07, 6.45) is 11.3. The Bertz CT molecular complexity index is 1690. The summed E-state index contributed by atoms with van der Waals surface area (Å²) in [7, 11) is -2.63. The third kappa shape index (κ3) is 3.55. The minimum Gasteiger partial charge on any atom is -0.314 e. The smallest absolute Gasteiger partial charge is 0.141 e. The van der Waals surface area contributed by atoms with Crippen molar-refractivity contribution < 1.29 is 4.57 Å². The van der Waals surface area contributed by atoms with Crippen molar-refractivity contribution in [3.05, 3.63) is 125 Å². The van der Waals surface area contributed by atoms with Gasteiger partial charge in [0.1, 0.15) is 7.14 Å². The Morgan fingerprint density at radius 3 is 2.41 bits per heavy atom. The molecular formula is C34H28NOP. The van der Waals surface area contributed by atoms with E-state index in [2.05, 4.69) is 91.0 Å². The molecule has 2 atom stereocenters. The van der Waals surface area contributed by atoms with Crippen molar-refractivity contribution in [3.63, 3.8) is 0 Å². The molecule has 2 aliphatic heterocycles. The molecule has 4 aromatic carbocycles. The molecule has 0 bridgehead atoms. The molecular weight excluding hydrogens is 469 g/mol. The van der Waals surface area contributed by atoms with Gasteiger partial charge in [-0.1, -0.05) is 103 Å². The molecule has 4 aromatic rings. The number of allylic oxidation sites excluding steroid dienone is 2. The van der Waals surface area contributed by atoms with Crippen LogP contribution in [0.5, 0.6) is 0 Å². The minimum absolute atomic E-state index is 0.182. The van der Waals surface area contributed by atoms with Crippen molar-refractivity contribution in [2.75, 3.05) is 13.2 Å². The van der Waals surface area contributed by atoms with E-state index in [9.17, 15) is 4.57 Å². The summed E-state index contributed by atoms with van der Waals surface area (Å²) in [5.74, 6) is 0.182. The van der Waals surface area contributed by atoms with E-state index in [1.807, 2.05) is 24.9 Å². The van der Waals surface area contributed by atoms with Crippen LogP contribution in [0.25, 0.3) is 28.3 Å². The number of hydrogen-bond donors (Lipinski definition) is 0. The number of benzene rings is 4. The molecule has 0 aromatic heterocycles. The quantitative estimate of drug-likeness (QED) is 0.272. The first-order valence-electron chi connectivity index (χ1n) is 13.0. The summed E-state index contributed by atoms with van der Waals surface area (Å²) in [6.45, 7) is 2.64. The molecule has 2 heterocycles. The maximum absolute atomic E-state index is 14.0. The molecule has 0 saturated heterocycles. The minimum atomic E-state index is -2.63. The molecule has 0 fully saturated rings. The molecule has 3 aliphatic rings. The van der Waals surface area contributed by atoms with Crippen molar-refractivity contribution in [2.24, 2.45) is 4.99 Å². The van der Waals surface area contributed by atoms with Crippen LogP contribution in [0.4, 0.5) is 0 Å². The van der Waals surface area contributed by atoms with Gasteiger partial charge in [0, 0.05) is 22.1 Å². The first-order chi connectivity index (χ1) is 18.1. The third-order valence-corrected chi connectivity index (χ3v) is 10.7. The highest BCUT2D eigenvalue weighted by molar-refractivity contribution is 7.79. The van der Waals surface area contributed by atoms with Gasteiger partial charge >= 0.3 is 0 Å². The van der Waals surface area contributed by atoms with Crippen LogP contribution >= 0.6 is 7.14 Å². The molecule has 3 heteroatoms. The van der Waals surface area contributed by atoms with Crippen molar-refractivity contribution >= 4 is 29.5 Å². The molecule has 180 valence electrons. The number of aryl methyl sites for hydroxylation is 1. The van der Waals surface area contributed by atoms with Crippen LogP contribution in [0.2, 0.25) is 0 Å². The molecule has 0 N–H and O–H groups in total. The lowest BCUT2D eigenvalue weighted by atomic mass is 9.79. The fourth-order valence-electron chi connectivity index (χ4n) is 6.26. The highest BCUT2D eigenvalue weighted by Gasteiger charge is 2.36. The molecule has 37 heavy (non-hydrogen) atoms. The fourth-order valence-corrected chi connectivity index (χ4v) is 8.58. The summed E-state index contributed by atoms with van der Waals surface area (Å²) in [6, 6.07) is 29.6. The average Bonchev–Trinajstić information content (AvgIpc) is 3.20. The Hall–Kier alpha value is -3.74. The predicted molar refractivity (Wildman–Crippen MR) is 157 cm³/mol. The van der Waals surface area contributed by atoms with Gasteiger partial charge in [-0.25, -0.2) is 0 Å². The fraction of sp³-hybridized carbons (Fsp3) is 0.147. The SMILES string of the molecule is CP1(=O)c2ccccc2-c2c(-c3ccc4c(c3C3C=CC(c5ccccc5)=NC3)C=CCC4)cccc21. The van der Waals surface area contributed by atoms with Crippen molar-refractivity contribution in [1.82, 2.24) is 0 Å². The maximum Gasteiger partial charge on any atom is 0.141 e. The number of nitrogens with zero attached hydrogens (tertiary/aromatic N) is 1. The second kappa shape index (κ2) is 8.68. The van der Waals surface area contributed by atoms with Crippen LogP contribution in [0, 0.1) is 0 Å².